The van der Waals surface area contributed by atoms with Crippen LogP contribution in [0.25, 0.3) is 0 Å². The van der Waals surface area contributed by atoms with Crippen LogP contribution in [0.3, 0.4) is 0 Å². The van der Waals surface area contributed by atoms with Crippen molar-refractivity contribution in [2.75, 3.05) is 24.2 Å². The number of benzene rings is 3. The topological polar surface area (TPSA) is 86.8 Å². The van der Waals surface area contributed by atoms with Crippen molar-refractivity contribution >= 4 is 50.7 Å². The minimum absolute atomic E-state index is 0.0134. The minimum Gasteiger partial charge on any atom is -0.357 e. The number of nitrogens with zero attached hydrogens (tertiary/aromatic N) is 2. The number of carbonyl (C=O) groups is 2. The van der Waals surface area contributed by atoms with Crippen LogP contribution in [0.5, 0.6) is 0 Å². The maximum absolute atomic E-state index is 13.8. The first kappa shape index (κ1) is 28.4. The number of amides is 2. The van der Waals surface area contributed by atoms with Crippen LogP contribution in [0.2, 0.25) is 10.0 Å². The molecule has 0 unspecified atom stereocenters. The molecule has 1 atom stereocenters. The van der Waals surface area contributed by atoms with Gasteiger partial charge in [-0.15, -0.1) is 0 Å². The van der Waals surface area contributed by atoms with Gasteiger partial charge in [-0.3, -0.25) is 13.9 Å². The second-order valence-corrected chi connectivity index (χ2v) is 11.0. The van der Waals surface area contributed by atoms with Crippen LogP contribution < -0.4 is 9.62 Å². The predicted molar refractivity (Wildman–Crippen MR) is 144 cm³/mol. The molecule has 0 aliphatic rings. The lowest BCUT2D eigenvalue weighted by Crippen LogP contribution is -2.52. The monoisotopic (exact) mass is 565 g/mol. The van der Waals surface area contributed by atoms with Crippen molar-refractivity contribution in [3.8, 4) is 0 Å². The van der Waals surface area contributed by atoms with E-state index in [1.54, 1.807) is 24.3 Å². The predicted octanol–water partition coefficient (Wildman–Crippen LogP) is 4.28. The van der Waals surface area contributed by atoms with E-state index in [1.165, 1.54) is 18.0 Å². The number of hydrogen-bond donors (Lipinski definition) is 1. The number of nitrogens with one attached hydrogen (secondary N) is 1. The first-order valence-corrected chi connectivity index (χ1v) is 13.8. The minimum atomic E-state index is -3.99. The molecule has 0 bridgehead atoms. The highest BCUT2D eigenvalue weighted by Gasteiger charge is 2.33. The summed E-state index contributed by atoms with van der Waals surface area (Å²) in [6.45, 7) is -0.696. The van der Waals surface area contributed by atoms with Gasteiger partial charge in [-0.05, 0) is 35.4 Å². The molecule has 0 saturated carbocycles. The van der Waals surface area contributed by atoms with Gasteiger partial charge in [0.1, 0.15) is 18.4 Å². The molecule has 3 aromatic carbocycles. The van der Waals surface area contributed by atoms with Crippen molar-refractivity contribution in [2.24, 2.45) is 0 Å². The first-order chi connectivity index (χ1) is 17.5. The maximum Gasteiger partial charge on any atom is 0.244 e. The van der Waals surface area contributed by atoms with Gasteiger partial charge >= 0.3 is 0 Å². The van der Waals surface area contributed by atoms with Crippen molar-refractivity contribution in [2.45, 2.75) is 19.0 Å². The molecule has 0 aliphatic carbocycles. The Kier molecular flexibility index (Phi) is 9.53. The number of likely N-dealkylation sites (N-methyl/N-ethyl adjacent to an activating group) is 1. The fourth-order valence-electron chi connectivity index (χ4n) is 3.78. The summed E-state index contributed by atoms with van der Waals surface area (Å²) in [5.41, 5.74) is 1.40. The number of rotatable bonds is 10. The summed E-state index contributed by atoms with van der Waals surface area (Å²) in [5.74, 6) is -1.82. The molecule has 7 nitrogen and oxygen atoms in total. The summed E-state index contributed by atoms with van der Waals surface area (Å²) in [6.07, 6.45) is 1.11. The van der Waals surface area contributed by atoms with E-state index in [2.05, 4.69) is 5.32 Å². The van der Waals surface area contributed by atoms with E-state index in [0.29, 0.717) is 10.6 Å². The summed E-state index contributed by atoms with van der Waals surface area (Å²) >= 11 is 12.2. The molecule has 0 radical (unpaired) electrons. The quantitative estimate of drug-likeness (QED) is 0.397. The lowest BCUT2D eigenvalue weighted by Gasteiger charge is -2.33. The second kappa shape index (κ2) is 12.4. The molecule has 0 saturated heterocycles. The van der Waals surface area contributed by atoms with Crippen LogP contribution in [0.15, 0.2) is 72.8 Å². The van der Waals surface area contributed by atoms with Crippen molar-refractivity contribution < 1.29 is 22.4 Å². The molecule has 3 rings (SSSR count). The molecule has 1 N–H and O–H groups in total. The lowest BCUT2D eigenvalue weighted by atomic mass is 10.0. The number of sulfonamides is 1. The van der Waals surface area contributed by atoms with E-state index >= 15 is 0 Å². The molecule has 0 heterocycles. The Hall–Kier alpha value is -3.14. The Bertz CT molecular complexity index is 1370. The third-order valence-electron chi connectivity index (χ3n) is 5.69. The number of hydrogen-bond acceptors (Lipinski definition) is 4. The zero-order valence-electron chi connectivity index (χ0n) is 20.2. The summed E-state index contributed by atoms with van der Waals surface area (Å²) in [5, 5.41) is 2.69. The van der Waals surface area contributed by atoms with Crippen molar-refractivity contribution in [1.29, 1.82) is 0 Å². The molecule has 2 amide bonds. The van der Waals surface area contributed by atoms with E-state index < -0.39 is 40.2 Å². The molecule has 0 aromatic heterocycles. The fraction of sp³-hybridized carbons (Fsp3) is 0.231. The average Bonchev–Trinajstić information content (AvgIpc) is 2.86. The second-order valence-electron chi connectivity index (χ2n) is 8.30. The zero-order valence-corrected chi connectivity index (χ0v) is 22.5. The van der Waals surface area contributed by atoms with Crippen LogP contribution in [0, 0.1) is 5.82 Å². The SMILES string of the molecule is CNC(=O)[C@@H](Cc1ccccc1)N(Cc1ccccc1Cl)C(=O)CN(c1ccc(F)c(Cl)c1)S(C)(=O)=O. The van der Waals surface area contributed by atoms with Gasteiger partial charge in [0.25, 0.3) is 0 Å². The molecule has 196 valence electrons. The molecule has 37 heavy (non-hydrogen) atoms. The van der Waals surface area contributed by atoms with Crippen LogP contribution in [0.4, 0.5) is 10.1 Å². The molecular weight excluding hydrogens is 540 g/mol. The number of carbonyl (C=O) groups excluding carboxylic acids is 2. The summed E-state index contributed by atoms with van der Waals surface area (Å²) in [6, 6.07) is 18.4. The summed E-state index contributed by atoms with van der Waals surface area (Å²) in [4.78, 5) is 28.1. The van der Waals surface area contributed by atoms with Gasteiger partial charge in [0.2, 0.25) is 21.8 Å². The largest absolute Gasteiger partial charge is 0.357 e. The highest BCUT2D eigenvalue weighted by Crippen LogP contribution is 2.26. The number of halogens is 3. The molecule has 0 fully saturated rings. The third kappa shape index (κ3) is 7.44. The normalized spacial score (nSPS) is 12.0. The van der Waals surface area contributed by atoms with E-state index in [0.717, 1.165) is 28.3 Å². The Labute approximate surface area is 225 Å². The third-order valence-corrected chi connectivity index (χ3v) is 7.49. The fourth-order valence-corrected chi connectivity index (χ4v) is 5.00. The molecule has 3 aromatic rings. The van der Waals surface area contributed by atoms with Gasteiger partial charge in [-0.2, -0.15) is 0 Å². The van der Waals surface area contributed by atoms with Crippen LogP contribution in [0.1, 0.15) is 11.1 Å². The van der Waals surface area contributed by atoms with Gasteiger partial charge in [0.15, 0.2) is 0 Å². The van der Waals surface area contributed by atoms with Gasteiger partial charge in [-0.1, -0.05) is 71.7 Å². The van der Waals surface area contributed by atoms with Crippen LogP contribution in [-0.2, 0) is 32.6 Å². The molecule has 0 aliphatic heterocycles. The van der Waals surface area contributed by atoms with E-state index in [1.807, 2.05) is 30.3 Å². The maximum atomic E-state index is 13.8. The van der Waals surface area contributed by atoms with Crippen molar-refractivity contribution in [3.63, 3.8) is 0 Å². The van der Waals surface area contributed by atoms with Crippen LogP contribution in [-0.4, -0.2) is 51.0 Å². The van der Waals surface area contributed by atoms with Crippen LogP contribution >= 0.6 is 23.2 Å². The highest BCUT2D eigenvalue weighted by molar-refractivity contribution is 7.92. The zero-order chi connectivity index (χ0) is 27.2. The van der Waals surface area contributed by atoms with Crippen molar-refractivity contribution in [1.82, 2.24) is 10.2 Å². The Morgan fingerprint density at radius 2 is 1.62 bits per heavy atom. The smallest absolute Gasteiger partial charge is 0.244 e. The lowest BCUT2D eigenvalue weighted by molar-refractivity contribution is -0.139. The van der Waals surface area contributed by atoms with Crippen molar-refractivity contribution in [3.05, 3.63) is 99.8 Å². The first-order valence-electron chi connectivity index (χ1n) is 11.2. The van der Waals surface area contributed by atoms with E-state index in [4.69, 9.17) is 23.2 Å². The van der Waals surface area contributed by atoms with Gasteiger partial charge in [0.05, 0.1) is 17.0 Å². The summed E-state index contributed by atoms with van der Waals surface area (Å²) < 4.78 is 39.9. The van der Waals surface area contributed by atoms with E-state index in [-0.39, 0.29) is 23.7 Å². The number of anilines is 1. The standard InChI is InChI=1S/C26H26Cl2FN3O4S/c1-30-26(34)24(14-18-8-4-3-5-9-18)31(16-19-10-6-7-11-21(19)27)25(33)17-32(37(2,35)36)20-12-13-23(29)22(28)15-20/h3-13,15,24H,14,16-17H2,1-2H3,(H,30,34)/t24-/m1/s1. The molecule has 11 heteroatoms. The van der Waals surface area contributed by atoms with Gasteiger partial charge < -0.3 is 10.2 Å². The Balaban J connectivity index is 2.05. The molecule has 0 spiro atoms. The summed E-state index contributed by atoms with van der Waals surface area (Å²) in [7, 11) is -2.53. The van der Waals surface area contributed by atoms with E-state index in [9.17, 15) is 22.4 Å². The van der Waals surface area contributed by atoms with Gasteiger partial charge in [0, 0.05) is 25.0 Å². The Morgan fingerprint density at radius 3 is 2.22 bits per heavy atom. The van der Waals surface area contributed by atoms with Gasteiger partial charge in [-0.25, -0.2) is 12.8 Å². The Morgan fingerprint density at radius 1 is 0.973 bits per heavy atom. The average molecular weight is 566 g/mol. The molecular formula is C26H26Cl2FN3O4S. The highest BCUT2D eigenvalue weighted by atomic mass is 35.5.